The van der Waals surface area contributed by atoms with Crippen molar-refractivity contribution in [1.82, 2.24) is 15.8 Å². The Morgan fingerprint density at radius 1 is 1.14 bits per heavy atom. The van der Waals surface area contributed by atoms with Gasteiger partial charge >= 0.3 is 0 Å². The van der Waals surface area contributed by atoms with Gasteiger partial charge in [-0.05, 0) is 30.3 Å². The monoisotopic (exact) mass is 432 g/mol. The Balaban J connectivity index is 1.53. The first-order valence-corrected chi connectivity index (χ1v) is 9.36. The topological polar surface area (TPSA) is 123 Å². The molecule has 1 aromatic heterocycles. The first-order chi connectivity index (χ1) is 13.9. The van der Waals surface area contributed by atoms with E-state index in [4.69, 9.17) is 16.3 Å². The molecule has 1 heterocycles. The van der Waals surface area contributed by atoms with E-state index in [1.165, 1.54) is 34.9 Å². The third-order valence-electron chi connectivity index (χ3n) is 3.57. The van der Waals surface area contributed by atoms with Crippen molar-refractivity contribution < 1.29 is 19.2 Å². The SMILES string of the molecule is O=C(NNC(=O)c1csc(COc2ccc(Cl)cc2)n1)c1cccc([N+](=O)[O-])c1. The van der Waals surface area contributed by atoms with E-state index < -0.39 is 16.7 Å². The van der Waals surface area contributed by atoms with E-state index in [1.54, 1.807) is 24.3 Å². The van der Waals surface area contributed by atoms with Gasteiger partial charge in [0, 0.05) is 28.1 Å². The van der Waals surface area contributed by atoms with E-state index in [9.17, 15) is 19.7 Å². The van der Waals surface area contributed by atoms with Crippen molar-refractivity contribution >= 4 is 40.4 Å². The lowest BCUT2D eigenvalue weighted by atomic mass is 10.2. The number of hydrogen-bond acceptors (Lipinski definition) is 7. The number of benzene rings is 2. The van der Waals surface area contributed by atoms with Crippen LogP contribution in [0, 0.1) is 10.1 Å². The van der Waals surface area contributed by atoms with Gasteiger partial charge in [0.1, 0.15) is 23.1 Å². The van der Waals surface area contributed by atoms with E-state index in [-0.39, 0.29) is 23.6 Å². The van der Waals surface area contributed by atoms with Gasteiger partial charge in [0.25, 0.3) is 17.5 Å². The lowest BCUT2D eigenvalue weighted by Gasteiger charge is -2.06. The lowest BCUT2D eigenvalue weighted by molar-refractivity contribution is -0.384. The molecule has 0 spiro atoms. The van der Waals surface area contributed by atoms with Crippen molar-refractivity contribution in [2.75, 3.05) is 0 Å². The van der Waals surface area contributed by atoms with Crippen molar-refractivity contribution in [1.29, 1.82) is 0 Å². The van der Waals surface area contributed by atoms with Crippen LogP contribution in [0.15, 0.2) is 53.9 Å². The first-order valence-electron chi connectivity index (χ1n) is 8.10. The summed E-state index contributed by atoms with van der Waals surface area (Å²) >= 11 is 7.03. The Morgan fingerprint density at radius 2 is 1.86 bits per heavy atom. The molecule has 0 unspecified atom stereocenters. The molecule has 3 aromatic rings. The molecular formula is C18H13ClN4O5S. The van der Waals surface area contributed by atoms with Crippen LogP contribution >= 0.6 is 22.9 Å². The maximum atomic E-state index is 12.1. The number of non-ortho nitro benzene ring substituents is 1. The molecule has 29 heavy (non-hydrogen) atoms. The molecule has 0 radical (unpaired) electrons. The lowest BCUT2D eigenvalue weighted by Crippen LogP contribution is -2.41. The summed E-state index contributed by atoms with van der Waals surface area (Å²) in [6.45, 7) is 0.166. The Bertz CT molecular complexity index is 1050. The number of rotatable bonds is 6. The first kappa shape index (κ1) is 20.2. The smallest absolute Gasteiger partial charge is 0.289 e. The van der Waals surface area contributed by atoms with Crippen LogP contribution in [0.5, 0.6) is 5.75 Å². The van der Waals surface area contributed by atoms with E-state index in [0.717, 1.165) is 6.07 Å². The summed E-state index contributed by atoms with van der Waals surface area (Å²) in [7, 11) is 0. The number of nitro benzene ring substituents is 1. The minimum atomic E-state index is -0.691. The van der Waals surface area contributed by atoms with Gasteiger partial charge < -0.3 is 4.74 Å². The summed E-state index contributed by atoms with van der Waals surface area (Å²) in [5, 5.41) is 13.5. The molecule has 2 N–H and O–H groups in total. The third kappa shape index (κ3) is 5.50. The number of aromatic nitrogens is 1. The summed E-state index contributed by atoms with van der Waals surface area (Å²) in [5.74, 6) is -0.707. The van der Waals surface area contributed by atoms with Gasteiger partial charge in [-0.25, -0.2) is 4.98 Å². The minimum absolute atomic E-state index is 0.0369. The molecule has 11 heteroatoms. The van der Waals surface area contributed by atoms with Crippen LogP contribution in [0.1, 0.15) is 25.9 Å². The second kappa shape index (κ2) is 9.13. The molecule has 148 valence electrons. The predicted molar refractivity (Wildman–Crippen MR) is 106 cm³/mol. The van der Waals surface area contributed by atoms with Gasteiger partial charge in [0.05, 0.1) is 4.92 Å². The largest absolute Gasteiger partial charge is 0.486 e. The molecule has 0 aliphatic carbocycles. The van der Waals surface area contributed by atoms with Crippen LogP contribution in [0.3, 0.4) is 0 Å². The van der Waals surface area contributed by atoms with Crippen LogP contribution in [0.2, 0.25) is 5.02 Å². The number of amides is 2. The molecule has 0 saturated carbocycles. The highest BCUT2D eigenvalue weighted by atomic mass is 35.5. The summed E-state index contributed by atoms with van der Waals surface area (Å²) in [6, 6.07) is 12.0. The molecule has 2 aromatic carbocycles. The van der Waals surface area contributed by atoms with Crippen LogP contribution < -0.4 is 15.6 Å². The van der Waals surface area contributed by atoms with E-state index in [1.807, 2.05) is 0 Å². The normalized spacial score (nSPS) is 10.2. The second-order valence-electron chi connectivity index (χ2n) is 5.58. The van der Waals surface area contributed by atoms with Crippen LogP contribution in [0.25, 0.3) is 0 Å². The molecule has 0 fully saturated rings. The van der Waals surface area contributed by atoms with Gasteiger partial charge in [-0.1, -0.05) is 17.7 Å². The third-order valence-corrected chi connectivity index (χ3v) is 4.64. The Labute approximate surface area is 173 Å². The zero-order chi connectivity index (χ0) is 20.8. The highest BCUT2D eigenvalue weighted by molar-refractivity contribution is 7.09. The molecule has 9 nitrogen and oxygen atoms in total. The zero-order valence-electron chi connectivity index (χ0n) is 14.6. The number of carbonyl (C=O) groups excluding carboxylic acids is 2. The summed E-state index contributed by atoms with van der Waals surface area (Å²) in [4.78, 5) is 38.5. The molecule has 0 saturated heterocycles. The molecular weight excluding hydrogens is 420 g/mol. The fourth-order valence-electron chi connectivity index (χ4n) is 2.17. The standard InChI is InChI=1S/C18H13ClN4O5S/c19-12-4-6-14(7-5-12)28-9-16-20-15(10-29-16)18(25)22-21-17(24)11-2-1-3-13(8-11)23(26)27/h1-8,10H,9H2,(H,21,24)(H,22,25). The number of hydrogen-bond donors (Lipinski definition) is 2. The van der Waals surface area contributed by atoms with E-state index in [0.29, 0.717) is 15.8 Å². The van der Waals surface area contributed by atoms with Crippen LogP contribution in [0.4, 0.5) is 5.69 Å². The maximum Gasteiger partial charge on any atom is 0.289 e. The van der Waals surface area contributed by atoms with Crippen molar-refractivity contribution in [3.63, 3.8) is 0 Å². The molecule has 0 aliphatic heterocycles. The quantitative estimate of drug-likeness (QED) is 0.454. The Kier molecular flexibility index (Phi) is 6.37. The molecule has 0 aliphatic rings. The predicted octanol–water partition coefficient (Wildman–Crippen LogP) is 3.36. The van der Waals surface area contributed by atoms with Gasteiger partial charge in [-0.15, -0.1) is 11.3 Å². The number of halogens is 1. The molecule has 0 bridgehead atoms. The minimum Gasteiger partial charge on any atom is -0.486 e. The van der Waals surface area contributed by atoms with Gasteiger partial charge in [-0.2, -0.15) is 0 Å². The maximum absolute atomic E-state index is 12.1. The van der Waals surface area contributed by atoms with Gasteiger partial charge in [-0.3, -0.25) is 30.6 Å². The molecule has 3 rings (SSSR count). The fourth-order valence-corrected chi connectivity index (χ4v) is 2.98. The van der Waals surface area contributed by atoms with E-state index in [2.05, 4.69) is 15.8 Å². The van der Waals surface area contributed by atoms with E-state index >= 15 is 0 Å². The summed E-state index contributed by atoms with van der Waals surface area (Å²) < 4.78 is 5.56. The number of nitro groups is 1. The second-order valence-corrected chi connectivity index (χ2v) is 6.96. The zero-order valence-corrected chi connectivity index (χ0v) is 16.2. The summed E-state index contributed by atoms with van der Waals surface area (Å²) in [6.07, 6.45) is 0. The number of ether oxygens (including phenoxy) is 1. The molecule has 0 atom stereocenters. The van der Waals surface area contributed by atoms with Crippen molar-refractivity contribution in [3.05, 3.63) is 85.3 Å². The highest BCUT2D eigenvalue weighted by Crippen LogP contribution is 2.18. The van der Waals surface area contributed by atoms with Crippen molar-refractivity contribution in [3.8, 4) is 5.75 Å². The Hall–Kier alpha value is -3.50. The van der Waals surface area contributed by atoms with Crippen molar-refractivity contribution in [2.45, 2.75) is 6.61 Å². The van der Waals surface area contributed by atoms with Crippen LogP contribution in [-0.2, 0) is 6.61 Å². The number of nitrogens with one attached hydrogen (secondary N) is 2. The molecule has 2 amide bonds. The van der Waals surface area contributed by atoms with Crippen molar-refractivity contribution in [2.24, 2.45) is 0 Å². The number of thiazole rings is 1. The highest BCUT2D eigenvalue weighted by Gasteiger charge is 2.15. The van der Waals surface area contributed by atoms with Crippen LogP contribution in [-0.4, -0.2) is 21.7 Å². The number of hydrazine groups is 1. The number of carbonyl (C=O) groups is 2. The Morgan fingerprint density at radius 3 is 2.59 bits per heavy atom. The average molecular weight is 433 g/mol. The average Bonchev–Trinajstić information content (AvgIpc) is 3.20. The number of nitrogens with zero attached hydrogens (tertiary/aromatic N) is 2. The summed E-state index contributed by atoms with van der Waals surface area (Å²) in [5.41, 5.74) is 4.33. The van der Waals surface area contributed by atoms with Gasteiger partial charge in [0.15, 0.2) is 0 Å². The fraction of sp³-hybridized carbons (Fsp3) is 0.0556. The van der Waals surface area contributed by atoms with Gasteiger partial charge in [0.2, 0.25) is 0 Å².